The number of aromatic nitrogens is 2. The van der Waals surface area contributed by atoms with Gasteiger partial charge in [0.2, 0.25) is 11.5 Å². The summed E-state index contributed by atoms with van der Waals surface area (Å²) in [5.41, 5.74) is 5.57. The number of rotatable bonds is 5. The Balaban J connectivity index is 2.98. The van der Waals surface area contributed by atoms with Gasteiger partial charge in [-0.05, 0) is 6.42 Å². The SMILES string of the molecule is CCC(C)(C)c1nc(N)c2c(OC(C)=O)c(OC)c(OC)c(F)c2n1. The first-order valence-electron chi connectivity index (χ1n) is 7.77. The van der Waals surface area contributed by atoms with E-state index in [4.69, 9.17) is 19.9 Å². The number of carbonyl (C=O) groups excluding carboxylic acids is 1. The van der Waals surface area contributed by atoms with Crippen LogP contribution in [0.4, 0.5) is 10.2 Å². The number of carbonyl (C=O) groups is 1. The molecule has 0 saturated carbocycles. The lowest BCUT2D eigenvalue weighted by atomic mass is 9.89. The zero-order chi connectivity index (χ0) is 18.9. The molecule has 1 aromatic carbocycles. The van der Waals surface area contributed by atoms with E-state index in [0.29, 0.717) is 5.82 Å². The number of benzene rings is 1. The number of nitrogens with two attached hydrogens (primary N) is 1. The highest BCUT2D eigenvalue weighted by molar-refractivity contribution is 5.99. The Kier molecular flexibility index (Phi) is 5.01. The molecule has 0 aliphatic carbocycles. The summed E-state index contributed by atoms with van der Waals surface area (Å²) in [6.07, 6.45) is 0.726. The van der Waals surface area contributed by atoms with Crippen LogP contribution >= 0.6 is 0 Å². The summed E-state index contributed by atoms with van der Waals surface area (Å²) in [5.74, 6) is -1.36. The van der Waals surface area contributed by atoms with Gasteiger partial charge in [0.25, 0.3) is 0 Å². The fourth-order valence-electron chi connectivity index (χ4n) is 2.35. The van der Waals surface area contributed by atoms with Crippen molar-refractivity contribution < 1.29 is 23.4 Å². The molecule has 136 valence electrons. The van der Waals surface area contributed by atoms with Gasteiger partial charge in [-0.3, -0.25) is 4.79 Å². The molecular formula is C17H22FN3O4. The van der Waals surface area contributed by atoms with Gasteiger partial charge in [-0.15, -0.1) is 0 Å². The van der Waals surface area contributed by atoms with Gasteiger partial charge in [0, 0.05) is 12.3 Å². The molecule has 1 heterocycles. The molecule has 0 bridgehead atoms. The molecule has 25 heavy (non-hydrogen) atoms. The van der Waals surface area contributed by atoms with Crippen molar-refractivity contribution in [3.05, 3.63) is 11.6 Å². The summed E-state index contributed by atoms with van der Waals surface area (Å²) < 4.78 is 30.5. The van der Waals surface area contributed by atoms with Crippen LogP contribution in [0.25, 0.3) is 10.9 Å². The summed E-state index contributed by atoms with van der Waals surface area (Å²) in [6, 6.07) is 0. The molecule has 0 unspecified atom stereocenters. The lowest BCUT2D eigenvalue weighted by molar-refractivity contribution is -0.131. The fourth-order valence-corrected chi connectivity index (χ4v) is 2.35. The predicted octanol–water partition coefficient (Wildman–Crippen LogP) is 2.98. The van der Waals surface area contributed by atoms with E-state index < -0.39 is 17.2 Å². The third-order valence-corrected chi connectivity index (χ3v) is 4.13. The number of ether oxygens (including phenoxy) is 3. The van der Waals surface area contributed by atoms with E-state index >= 15 is 0 Å². The summed E-state index contributed by atoms with van der Waals surface area (Å²) >= 11 is 0. The van der Waals surface area contributed by atoms with Crippen LogP contribution in [-0.2, 0) is 10.2 Å². The molecular weight excluding hydrogens is 329 g/mol. The summed E-state index contributed by atoms with van der Waals surface area (Å²) in [7, 11) is 2.59. The van der Waals surface area contributed by atoms with E-state index in [0.717, 1.165) is 6.42 Å². The monoisotopic (exact) mass is 351 g/mol. The molecule has 1 aromatic heterocycles. The topological polar surface area (TPSA) is 96.6 Å². The van der Waals surface area contributed by atoms with Crippen molar-refractivity contribution in [2.24, 2.45) is 0 Å². The minimum atomic E-state index is -0.757. The first-order valence-corrected chi connectivity index (χ1v) is 7.77. The number of methoxy groups -OCH3 is 2. The molecule has 2 aromatic rings. The lowest BCUT2D eigenvalue weighted by Gasteiger charge is -2.23. The van der Waals surface area contributed by atoms with Gasteiger partial charge in [0.15, 0.2) is 11.6 Å². The van der Waals surface area contributed by atoms with Crippen LogP contribution in [0.15, 0.2) is 0 Å². The van der Waals surface area contributed by atoms with Gasteiger partial charge in [0.05, 0.1) is 19.6 Å². The first kappa shape index (κ1) is 18.7. The molecule has 0 aliphatic rings. The van der Waals surface area contributed by atoms with E-state index in [2.05, 4.69) is 9.97 Å². The molecule has 8 heteroatoms. The lowest BCUT2D eigenvalue weighted by Crippen LogP contribution is -2.21. The number of hydrogen-bond acceptors (Lipinski definition) is 7. The number of hydrogen-bond donors (Lipinski definition) is 1. The van der Waals surface area contributed by atoms with Gasteiger partial charge in [-0.25, -0.2) is 14.4 Å². The maximum Gasteiger partial charge on any atom is 0.308 e. The number of anilines is 1. The highest BCUT2D eigenvalue weighted by atomic mass is 19.1. The van der Waals surface area contributed by atoms with Gasteiger partial charge >= 0.3 is 5.97 Å². The molecule has 2 rings (SSSR count). The highest BCUT2D eigenvalue weighted by Crippen LogP contribution is 2.47. The van der Waals surface area contributed by atoms with Crippen molar-refractivity contribution in [3.8, 4) is 17.2 Å². The van der Waals surface area contributed by atoms with Crippen LogP contribution in [0.1, 0.15) is 39.9 Å². The average molecular weight is 351 g/mol. The van der Waals surface area contributed by atoms with Crippen molar-refractivity contribution in [3.63, 3.8) is 0 Å². The maximum atomic E-state index is 15.0. The summed E-state index contributed by atoms with van der Waals surface area (Å²) in [5, 5.41) is 0.0704. The molecule has 0 amide bonds. The number of esters is 1. The fraction of sp³-hybridized carbons (Fsp3) is 0.471. The highest BCUT2D eigenvalue weighted by Gasteiger charge is 2.30. The molecule has 0 saturated heterocycles. The molecule has 0 aliphatic heterocycles. The summed E-state index contributed by atoms with van der Waals surface area (Å²) in [4.78, 5) is 20.1. The van der Waals surface area contributed by atoms with E-state index in [-0.39, 0.29) is 34.0 Å². The second kappa shape index (κ2) is 6.70. The van der Waals surface area contributed by atoms with Crippen LogP contribution in [0.5, 0.6) is 17.2 Å². The van der Waals surface area contributed by atoms with Crippen LogP contribution < -0.4 is 19.9 Å². The second-order valence-electron chi connectivity index (χ2n) is 6.20. The predicted molar refractivity (Wildman–Crippen MR) is 91.6 cm³/mol. The first-order chi connectivity index (χ1) is 11.7. The van der Waals surface area contributed by atoms with Crippen molar-refractivity contribution >= 4 is 22.7 Å². The normalized spacial score (nSPS) is 11.5. The van der Waals surface area contributed by atoms with Gasteiger partial charge < -0.3 is 19.9 Å². The number of fused-ring (bicyclic) bond motifs is 1. The summed E-state index contributed by atoms with van der Waals surface area (Å²) in [6.45, 7) is 7.05. The van der Waals surface area contributed by atoms with Crippen molar-refractivity contribution in [1.82, 2.24) is 9.97 Å². The van der Waals surface area contributed by atoms with E-state index in [9.17, 15) is 9.18 Å². The number of nitrogens with zero attached hydrogens (tertiary/aromatic N) is 2. The van der Waals surface area contributed by atoms with Crippen LogP contribution in [-0.4, -0.2) is 30.2 Å². The smallest absolute Gasteiger partial charge is 0.308 e. The van der Waals surface area contributed by atoms with Gasteiger partial charge in [0.1, 0.15) is 17.2 Å². The van der Waals surface area contributed by atoms with Crippen molar-refractivity contribution in [2.45, 2.75) is 39.5 Å². The zero-order valence-electron chi connectivity index (χ0n) is 15.2. The van der Waals surface area contributed by atoms with Crippen LogP contribution in [0.3, 0.4) is 0 Å². The average Bonchev–Trinajstić information content (AvgIpc) is 2.56. The van der Waals surface area contributed by atoms with Crippen molar-refractivity contribution in [1.29, 1.82) is 0 Å². The van der Waals surface area contributed by atoms with Gasteiger partial charge in [-0.2, -0.15) is 0 Å². The zero-order valence-corrected chi connectivity index (χ0v) is 15.2. The Labute approximate surface area is 145 Å². The minimum absolute atomic E-state index is 0.00220. The Morgan fingerprint density at radius 2 is 1.76 bits per heavy atom. The van der Waals surface area contributed by atoms with E-state index in [1.54, 1.807) is 0 Å². The molecule has 0 spiro atoms. The minimum Gasteiger partial charge on any atom is -0.490 e. The number of nitrogen functional groups attached to an aromatic ring is 1. The Hall–Kier alpha value is -2.64. The standard InChI is InChI=1S/C17H22FN3O4/c1-7-17(3,4)16-20-11-9(15(19)21-16)12(25-8(2)22)14(24-6)13(23-5)10(11)18/h7H2,1-6H3,(H2,19,20,21). The molecule has 0 atom stereocenters. The molecule has 0 fully saturated rings. The molecule has 0 radical (unpaired) electrons. The van der Waals surface area contributed by atoms with Crippen LogP contribution in [0.2, 0.25) is 0 Å². The third kappa shape index (κ3) is 3.16. The van der Waals surface area contributed by atoms with Crippen LogP contribution in [0, 0.1) is 5.82 Å². The second-order valence-corrected chi connectivity index (χ2v) is 6.20. The van der Waals surface area contributed by atoms with Crippen molar-refractivity contribution in [2.75, 3.05) is 20.0 Å². The molecule has 2 N–H and O–H groups in total. The maximum absolute atomic E-state index is 15.0. The number of halogens is 1. The Morgan fingerprint density at radius 1 is 1.16 bits per heavy atom. The van der Waals surface area contributed by atoms with E-state index in [1.807, 2.05) is 20.8 Å². The molecule has 7 nitrogen and oxygen atoms in total. The van der Waals surface area contributed by atoms with Gasteiger partial charge in [-0.1, -0.05) is 20.8 Å². The Morgan fingerprint density at radius 3 is 2.24 bits per heavy atom. The Bertz CT molecular complexity index is 837. The third-order valence-electron chi connectivity index (χ3n) is 4.13. The van der Waals surface area contributed by atoms with E-state index in [1.165, 1.54) is 21.1 Å². The quantitative estimate of drug-likeness (QED) is 0.653. The largest absolute Gasteiger partial charge is 0.490 e.